The molecule has 0 saturated heterocycles. The molecule has 1 aromatic rings. The first-order chi connectivity index (χ1) is 8.83. The SMILES string of the molecule is CCCC1Sc2cc3c(cc2C1NC)OCCO3. The number of thioether (sulfide) groups is 1. The van der Waals surface area contributed by atoms with Gasteiger partial charge >= 0.3 is 0 Å². The monoisotopic (exact) mass is 265 g/mol. The number of ether oxygens (including phenoxy) is 2. The van der Waals surface area contributed by atoms with Crippen LogP contribution < -0.4 is 14.8 Å². The third-order valence-electron chi connectivity index (χ3n) is 3.54. The first kappa shape index (κ1) is 12.2. The topological polar surface area (TPSA) is 30.5 Å². The lowest BCUT2D eigenvalue weighted by Crippen LogP contribution is -2.23. The zero-order chi connectivity index (χ0) is 12.5. The fourth-order valence-electron chi connectivity index (χ4n) is 2.71. The maximum Gasteiger partial charge on any atom is 0.162 e. The van der Waals surface area contributed by atoms with Gasteiger partial charge in [0.2, 0.25) is 0 Å². The fraction of sp³-hybridized carbons (Fsp3) is 0.571. The van der Waals surface area contributed by atoms with E-state index in [1.165, 1.54) is 23.3 Å². The largest absolute Gasteiger partial charge is 0.486 e. The molecule has 1 aromatic carbocycles. The van der Waals surface area contributed by atoms with Gasteiger partial charge in [0.1, 0.15) is 13.2 Å². The van der Waals surface area contributed by atoms with Gasteiger partial charge in [0.15, 0.2) is 11.5 Å². The Morgan fingerprint density at radius 1 is 1.28 bits per heavy atom. The molecule has 0 aromatic heterocycles. The van der Waals surface area contributed by atoms with E-state index in [9.17, 15) is 0 Å². The van der Waals surface area contributed by atoms with E-state index in [1.807, 2.05) is 18.8 Å². The van der Waals surface area contributed by atoms with E-state index < -0.39 is 0 Å². The average Bonchev–Trinajstić information content (AvgIpc) is 2.72. The molecule has 0 spiro atoms. The van der Waals surface area contributed by atoms with E-state index in [1.54, 1.807) is 0 Å². The Labute approximate surface area is 112 Å². The Hall–Kier alpha value is -0.870. The van der Waals surface area contributed by atoms with E-state index in [4.69, 9.17) is 9.47 Å². The molecule has 2 aliphatic rings. The molecule has 3 rings (SSSR count). The molecule has 0 amide bonds. The van der Waals surface area contributed by atoms with Gasteiger partial charge in [-0.3, -0.25) is 0 Å². The van der Waals surface area contributed by atoms with Gasteiger partial charge in [0.05, 0.1) is 0 Å². The Morgan fingerprint density at radius 3 is 2.67 bits per heavy atom. The van der Waals surface area contributed by atoms with E-state index in [-0.39, 0.29) is 0 Å². The number of hydrogen-bond acceptors (Lipinski definition) is 4. The van der Waals surface area contributed by atoms with Crippen molar-refractivity contribution in [3.05, 3.63) is 17.7 Å². The molecule has 0 fully saturated rings. The molecule has 0 bridgehead atoms. The molecular formula is C14H19NO2S. The molecule has 98 valence electrons. The minimum absolute atomic E-state index is 0.431. The second-order valence-electron chi connectivity index (χ2n) is 4.75. The number of rotatable bonds is 3. The molecule has 2 unspecified atom stereocenters. The predicted octanol–water partition coefficient (Wildman–Crippen LogP) is 2.99. The summed E-state index contributed by atoms with van der Waals surface area (Å²) in [5.41, 5.74) is 1.37. The molecule has 0 radical (unpaired) electrons. The summed E-state index contributed by atoms with van der Waals surface area (Å²) in [7, 11) is 2.04. The molecule has 3 nitrogen and oxygen atoms in total. The van der Waals surface area contributed by atoms with Crippen LogP contribution in [0.25, 0.3) is 0 Å². The maximum atomic E-state index is 5.67. The molecule has 0 aliphatic carbocycles. The Kier molecular flexibility index (Phi) is 3.39. The average molecular weight is 265 g/mol. The predicted molar refractivity (Wildman–Crippen MR) is 73.8 cm³/mol. The van der Waals surface area contributed by atoms with Crippen molar-refractivity contribution in [1.29, 1.82) is 0 Å². The zero-order valence-electron chi connectivity index (χ0n) is 10.9. The van der Waals surface area contributed by atoms with Crippen molar-refractivity contribution in [2.24, 2.45) is 0 Å². The van der Waals surface area contributed by atoms with Gasteiger partial charge in [-0.05, 0) is 31.2 Å². The highest BCUT2D eigenvalue weighted by molar-refractivity contribution is 8.00. The minimum Gasteiger partial charge on any atom is -0.486 e. The van der Waals surface area contributed by atoms with Crippen LogP contribution >= 0.6 is 11.8 Å². The quantitative estimate of drug-likeness (QED) is 0.910. The van der Waals surface area contributed by atoms with Gasteiger partial charge < -0.3 is 14.8 Å². The van der Waals surface area contributed by atoms with Crippen molar-refractivity contribution >= 4 is 11.8 Å². The van der Waals surface area contributed by atoms with Gasteiger partial charge in [0.25, 0.3) is 0 Å². The van der Waals surface area contributed by atoms with Crippen molar-refractivity contribution in [1.82, 2.24) is 5.32 Å². The van der Waals surface area contributed by atoms with Gasteiger partial charge in [-0.2, -0.15) is 0 Å². The van der Waals surface area contributed by atoms with Crippen LogP contribution in [0, 0.1) is 0 Å². The highest BCUT2D eigenvalue weighted by Gasteiger charge is 2.33. The van der Waals surface area contributed by atoms with Crippen molar-refractivity contribution in [3.8, 4) is 11.5 Å². The normalized spacial score (nSPS) is 25.0. The number of fused-ring (bicyclic) bond motifs is 2. The van der Waals surface area contributed by atoms with Crippen LogP contribution in [-0.4, -0.2) is 25.5 Å². The third-order valence-corrected chi connectivity index (χ3v) is 4.96. The number of benzene rings is 1. The number of hydrogen-bond donors (Lipinski definition) is 1. The Balaban J connectivity index is 1.95. The van der Waals surface area contributed by atoms with Crippen LogP contribution in [0.1, 0.15) is 31.4 Å². The molecule has 0 saturated carbocycles. The van der Waals surface area contributed by atoms with Gasteiger partial charge in [-0.1, -0.05) is 13.3 Å². The molecule has 18 heavy (non-hydrogen) atoms. The second kappa shape index (κ2) is 5.02. The highest BCUT2D eigenvalue weighted by atomic mass is 32.2. The lowest BCUT2D eigenvalue weighted by atomic mass is 10.0. The minimum atomic E-state index is 0.431. The van der Waals surface area contributed by atoms with Crippen LogP contribution in [0.2, 0.25) is 0 Å². The molecule has 1 N–H and O–H groups in total. The van der Waals surface area contributed by atoms with E-state index >= 15 is 0 Å². The summed E-state index contributed by atoms with van der Waals surface area (Å²) in [6.45, 7) is 3.55. The van der Waals surface area contributed by atoms with E-state index in [0.29, 0.717) is 24.5 Å². The maximum absolute atomic E-state index is 5.67. The van der Waals surface area contributed by atoms with E-state index in [0.717, 1.165) is 11.5 Å². The van der Waals surface area contributed by atoms with Crippen molar-refractivity contribution in [2.75, 3.05) is 20.3 Å². The molecule has 2 heterocycles. The van der Waals surface area contributed by atoms with Gasteiger partial charge in [-0.25, -0.2) is 0 Å². The van der Waals surface area contributed by atoms with Gasteiger partial charge in [-0.15, -0.1) is 11.8 Å². The lowest BCUT2D eigenvalue weighted by Gasteiger charge is -2.21. The number of nitrogens with one attached hydrogen (secondary N) is 1. The summed E-state index contributed by atoms with van der Waals surface area (Å²) in [4.78, 5) is 1.34. The van der Waals surface area contributed by atoms with Crippen LogP contribution in [0.5, 0.6) is 11.5 Å². The van der Waals surface area contributed by atoms with Crippen LogP contribution in [0.3, 0.4) is 0 Å². The second-order valence-corrected chi connectivity index (χ2v) is 6.03. The Bertz CT molecular complexity index is 450. The van der Waals surface area contributed by atoms with Crippen molar-refractivity contribution in [3.63, 3.8) is 0 Å². The smallest absolute Gasteiger partial charge is 0.162 e. The van der Waals surface area contributed by atoms with Gasteiger partial charge in [0, 0.05) is 16.2 Å². The summed E-state index contributed by atoms with van der Waals surface area (Å²) in [6, 6.07) is 4.74. The van der Waals surface area contributed by atoms with Crippen molar-refractivity contribution in [2.45, 2.75) is 36.0 Å². The standard InChI is InChI=1S/C14H19NO2S/c1-3-4-12-14(15-2)9-7-10-11(8-13(9)18-12)17-6-5-16-10/h7-8,12,14-15H,3-6H2,1-2H3. The first-order valence-electron chi connectivity index (χ1n) is 6.61. The van der Waals surface area contributed by atoms with Crippen LogP contribution in [-0.2, 0) is 0 Å². The van der Waals surface area contributed by atoms with E-state index in [2.05, 4.69) is 24.4 Å². The molecule has 4 heteroatoms. The lowest BCUT2D eigenvalue weighted by molar-refractivity contribution is 0.170. The summed E-state index contributed by atoms with van der Waals surface area (Å²) in [6.07, 6.45) is 2.45. The summed E-state index contributed by atoms with van der Waals surface area (Å²) >= 11 is 1.97. The summed E-state index contributed by atoms with van der Waals surface area (Å²) < 4.78 is 11.3. The molecule has 2 aliphatic heterocycles. The summed E-state index contributed by atoms with van der Waals surface area (Å²) in [5.74, 6) is 1.80. The summed E-state index contributed by atoms with van der Waals surface area (Å²) in [5, 5.41) is 4.07. The first-order valence-corrected chi connectivity index (χ1v) is 7.49. The third kappa shape index (κ3) is 1.97. The fourth-order valence-corrected chi connectivity index (χ4v) is 4.31. The van der Waals surface area contributed by atoms with Crippen molar-refractivity contribution < 1.29 is 9.47 Å². The Morgan fingerprint density at radius 2 is 2.00 bits per heavy atom. The zero-order valence-corrected chi connectivity index (χ0v) is 11.7. The molecule has 2 atom stereocenters. The highest BCUT2D eigenvalue weighted by Crippen LogP contribution is 2.49. The molecular weight excluding hydrogens is 246 g/mol. The van der Waals surface area contributed by atoms with Crippen LogP contribution in [0.4, 0.5) is 0 Å². The van der Waals surface area contributed by atoms with Crippen LogP contribution in [0.15, 0.2) is 17.0 Å².